The number of aryl methyl sites for hydroxylation is 1. The van der Waals surface area contributed by atoms with E-state index in [1.165, 1.54) is 14.2 Å². The second-order valence-corrected chi connectivity index (χ2v) is 3.55. The number of carbonyl (C=O) groups is 1. The molecule has 0 saturated carbocycles. The van der Waals surface area contributed by atoms with Gasteiger partial charge < -0.3 is 14.0 Å². The summed E-state index contributed by atoms with van der Waals surface area (Å²) in [4.78, 5) is 15.5. The minimum atomic E-state index is -0.429. The Morgan fingerprint density at radius 1 is 1.33 bits per heavy atom. The molecule has 0 aliphatic carbocycles. The lowest BCUT2D eigenvalue weighted by molar-refractivity contribution is 0.0600. The molecule has 0 radical (unpaired) electrons. The molecule has 6 nitrogen and oxygen atoms in total. The average molecular weight is 248 g/mol. The van der Waals surface area contributed by atoms with Gasteiger partial charge in [-0.2, -0.15) is 4.98 Å². The van der Waals surface area contributed by atoms with Crippen molar-refractivity contribution in [1.82, 2.24) is 10.1 Å². The van der Waals surface area contributed by atoms with Crippen molar-refractivity contribution in [1.29, 1.82) is 0 Å². The maximum absolute atomic E-state index is 11.4. The zero-order chi connectivity index (χ0) is 13.1. The van der Waals surface area contributed by atoms with E-state index in [4.69, 9.17) is 9.26 Å². The van der Waals surface area contributed by atoms with Crippen LogP contribution >= 0.6 is 0 Å². The van der Waals surface area contributed by atoms with Crippen molar-refractivity contribution in [2.24, 2.45) is 0 Å². The Bertz CT molecular complexity index is 577. The van der Waals surface area contributed by atoms with Gasteiger partial charge in [-0.3, -0.25) is 0 Å². The first-order chi connectivity index (χ1) is 8.65. The van der Waals surface area contributed by atoms with E-state index in [9.17, 15) is 4.79 Å². The van der Waals surface area contributed by atoms with E-state index < -0.39 is 5.97 Å². The predicted octanol–water partition coefficient (Wildman–Crippen LogP) is 1.84. The van der Waals surface area contributed by atoms with E-state index in [0.717, 1.165) is 0 Å². The van der Waals surface area contributed by atoms with Crippen molar-refractivity contribution in [2.45, 2.75) is 6.92 Å². The third-order valence-electron chi connectivity index (χ3n) is 2.38. The van der Waals surface area contributed by atoms with Crippen LogP contribution in [0.25, 0.3) is 11.5 Å². The molecule has 0 amide bonds. The Hall–Kier alpha value is -2.37. The van der Waals surface area contributed by atoms with Gasteiger partial charge >= 0.3 is 5.97 Å². The highest BCUT2D eigenvalue weighted by molar-refractivity contribution is 5.90. The van der Waals surface area contributed by atoms with Gasteiger partial charge in [-0.25, -0.2) is 4.79 Å². The number of rotatable bonds is 3. The number of esters is 1. The summed E-state index contributed by atoms with van der Waals surface area (Å²) >= 11 is 0. The van der Waals surface area contributed by atoms with Gasteiger partial charge in [0.1, 0.15) is 5.75 Å². The Morgan fingerprint density at radius 2 is 2.11 bits per heavy atom. The van der Waals surface area contributed by atoms with Gasteiger partial charge in [0, 0.05) is 0 Å². The largest absolute Gasteiger partial charge is 0.496 e. The number of ether oxygens (including phenoxy) is 2. The van der Waals surface area contributed by atoms with Crippen LogP contribution in [-0.4, -0.2) is 30.3 Å². The van der Waals surface area contributed by atoms with E-state index in [2.05, 4.69) is 14.9 Å². The van der Waals surface area contributed by atoms with Crippen molar-refractivity contribution >= 4 is 5.97 Å². The Morgan fingerprint density at radius 3 is 2.67 bits per heavy atom. The molecule has 0 aliphatic rings. The second-order valence-electron chi connectivity index (χ2n) is 3.55. The van der Waals surface area contributed by atoms with Gasteiger partial charge in [-0.1, -0.05) is 5.16 Å². The maximum Gasteiger partial charge on any atom is 0.337 e. The van der Waals surface area contributed by atoms with E-state index in [1.807, 2.05) is 0 Å². The first-order valence-corrected chi connectivity index (χ1v) is 5.22. The molecule has 1 aromatic carbocycles. The van der Waals surface area contributed by atoms with Crippen LogP contribution in [-0.2, 0) is 4.74 Å². The highest BCUT2D eigenvalue weighted by Crippen LogP contribution is 2.29. The molecule has 18 heavy (non-hydrogen) atoms. The molecular weight excluding hydrogens is 236 g/mol. The summed E-state index contributed by atoms with van der Waals surface area (Å²) in [6, 6.07) is 4.86. The van der Waals surface area contributed by atoms with Crippen molar-refractivity contribution in [3.8, 4) is 17.2 Å². The van der Waals surface area contributed by atoms with Crippen molar-refractivity contribution < 1.29 is 18.8 Å². The summed E-state index contributed by atoms with van der Waals surface area (Å²) in [5.74, 6) is 0.924. The van der Waals surface area contributed by atoms with Crippen molar-refractivity contribution in [3.05, 3.63) is 29.6 Å². The highest BCUT2D eigenvalue weighted by atomic mass is 16.5. The molecule has 0 aliphatic heterocycles. The van der Waals surface area contributed by atoms with Gasteiger partial charge in [0.25, 0.3) is 5.89 Å². The molecule has 6 heteroatoms. The quantitative estimate of drug-likeness (QED) is 0.771. The fourth-order valence-electron chi connectivity index (χ4n) is 1.52. The van der Waals surface area contributed by atoms with Gasteiger partial charge in [0.2, 0.25) is 0 Å². The smallest absolute Gasteiger partial charge is 0.337 e. The Kier molecular flexibility index (Phi) is 3.27. The molecule has 2 rings (SSSR count). The molecule has 0 fully saturated rings. The normalized spacial score (nSPS) is 10.2. The number of aromatic nitrogens is 2. The lowest BCUT2D eigenvalue weighted by Crippen LogP contribution is -2.02. The maximum atomic E-state index is 11.4. The molecule has 94 valence electrons. The molecule has 0 atom stereocenters. The standard InChI is InChI=1S/C12H12N2O4/c1-7-13-11(18-14-7)9-5-4-8(12(15)17-3)6-10(9)16-2/h4-6H,1-3H3. The summed E-state index contributed by atoms with van der Waals surface area (Å²) in [5.41, 5.74) is 1.03. The Labute approximate surface area is 104 Å². The van der Waals surface area contributed by atoms with Crippen LogP contribution in [0, 0.1) is 6.92 Å². The Balaban J connectivity index is 2.46. The van der Waals surface area contributed by atoms with Crippen LogP contribution < -0.4 is 4.74 Å². The van der Waals surface area contributed by atoms with E-state index >= 15 is 0 Å². The molecule has 0 unspecified atom stereocenters. The van der Waals surface area contributed by atoms with Crippen molar-refractivity contribution in [2.75, 3.05) is 14.2 Å². The van der Waals surface area contributed by atoms with Crippen LogP contribution in [0.3, 0.4) is 0 Å². The summed E-state index contributed by atoms with van der Waals surface area (Å²) in [5, 5.41) is 3.71. The zero-order valence-corrected chi connectivity index (χ0v) is 10.3. The third-order valence-corrected chi connectivity index (χ3v) is 2.38. The summed E-state index contributed by atoms with van der Waals surface area (Å²) in [7, 11) is 2.83. The molecule has 0 N–H and O–H groups in total. The summed E-state index contributed by atoms with van der Waals surface area (Å²) < 4.78 is 14.9. The van der Waals surface area contributed by atoms with Crippen LogP contribution in [0.2, 0.25) is 0 Å². The zero-order valence-electron chi connectivity index (χ0n) is 10.3. The molecule has 1 heterocycles. The average Bonchev–Trinajstić information content (AvgIpc) is 2.83. The minimum absolute atomic E-state index is 0.348. The minimum Gasteiger partial charge on any atom is -0.496 e. The van der Waals surface area contributed by atoms with Crippen LogP contribution in [0.5, 0.6) is 5.75 Å². The number of nitrogens with zero attached hydrogens (tertiary/aromatic N) is 2. The predicted molar refractivity (Wildman–Crippen MR) is 62.4 cm³/mol. The number of benzene rings is 1. The number of methoxy groups -OCH3 is 2. The molecule has 1 aromatic heterocycles. The second kappa shape index (κ2) is 4.87. The fraction of sp³-hybridized carbons (Fsp3) is 0.250. The van der Waals surface area contributed by atoms with E-state index in [-0.39, 0.29) is 0 Å². The first-order valence-electron chi connectivity index (χ1n) is 5.22. The van der Waals surface area contributed by atoms with Gasteiger partial charge in [-0.05, 0) is 25.1 Å². The molecule has 0 bridgehead atoms. The SMILES string of the molecule is COC(=O)c1ccc(-c2nc(C)no2)c(OC)c1. The summed E-state index contributed by atoms with van der Waals surface area (Å²) in [6.45, 7) is 1.72. The van der Waals surface area contributed by atoms with Crippen LogP contribution in [0.4, 0.5) is 0 Å². The molecule has 0 spiro atoms. The molecule has 2 aromatic rings. The van der Waals surface area contributed by atoms with Crippen molar-refractivity contribution in [3.63, 3.8) is 0 Å². The number of hydrogen-bond donors (Lipinski definition) is 0. The fourth-order valence-corrected chi connectivity index (χ4v) is 1.52. The van der Waals surface area contributed by atoms with E-state index in [0.29, 0.717) is 28.6 Å². The number of hydrogen-bond acceptors (Lipinski definition) is 6. The lowest BCUT2D eigenvalue weighted by atomic mass is 10.1. The van der Waals surface area contributed by atoms with Crippen LogP contribution in [0.15, 0.2) is 22.7 Å². The van der Waals surface area contributed by atoms with Gasteiger partial charge in [0.15, 0.2) is 5.82 Å². The van der Waals surface area contributed by atoms with Gasteiger partial charge in [-0.15, -0.1) is 0 Å². The monoisotopic (exact) mass is 248 g/mol. The molecular formula is C12H12N2O4. The third kappa shape index (κ3) is 2.17. The van der Waals surface area contributed by atoms with Crippen LogP contribution in [0.1, 0.15) is 16.2 Å². The topological polar surface area (TPSA) is 74.5 Å². The molecule has 0 saturated heterocycles. The number of carbonyl (C=O) groups excluding carboxylic acids is 1. The summed E-state index contributed by atoms with van der Waals surface area (Å²) in [6.07, 6.45) is 0. The van der Waals surface area contributed by atoms with Gasteiger partial charge in [0.05, 0.1) is 25.3 Å². The highest BCUT2D eigenvalue weighted by Gasteiger charge is 2.15. The lowest BCUT2D eigenvalue weighted by Gasteiger charge is -2.06. The van der Waals surface area contributed by atoms with E-state index in [1.54, 1.807) is 25.1 Å². The first kappa shape index (κ1) is 12.1.